The average molecular weight is 140 g/mol. The van der Waals surface area contributed by atoms with E-state index in [1.54, 1.807) is 0 Å². The van der Waals surface area contributed by atoms with Gasteiger partial charge in [0.05, 0.1) is 7.11 Å². The van der Waals surface area contributed by atoms with Crippen molar-refractivity contribution in [1.29, 1.82) is 0 Å². The van der Waals surface area contributed by atoms with E-state index in [-0.39, 0.29) is 11.0 Å². The molecule has 0 N–H and O–H groups in total. The molecule has 0 spiro atoms. The fraction of sp³-hybridized carbons (Fsp3) is 0.667. The van der Waals surface area contributed by atoms with Crippen LogP contribution in [0, 0.1) is 0 Å². The second-order valence-corrected chi connectivity index (χ2v) is 1.37. The van der Waals surface area contributed by atoms with E-state index < -0.39 is 6.30 Å². The highest BCUT2D eigenvalue weighted by Crippen LogP contribution is 2.29. The van der Waals surface area contributed by atoms with Crippen molar-refractivity contribution in [2.24, 2.45) is 5.10 Å². The Morgan fingerprint density at radius 3 is 2.22 bits per heavy atom. The van der Waals surface area contributed by atoms with Crippen molar-refractivity contribution < 1.29 is 17.9 Å². The van der Waals surface area contributed by atoms with Crippen LogP contribution < -0.4 is 0 Å². The smallest absolute Gasteiger partial charge is 0.466 e. The van der Waals surface area contributed by atoms with Crippen LogP contribution in [-0.4, -0.2) is 24.4 Å². The van der Waals surface area contributed by atoms with E-state index >= 15 is 0 Å². The Morgan fingerprint density at radius 2 is 2.11 bits per heavy atom. The minimum atomic E-state index is -4.41. The summed E-state index contributed by atoms with van der Waals surface area (Å²) >= 11 is 0. The van der Waals surface area contributed by atoms with Gasteiger partial charge < -0.3 is 4.74 Å². The molecular weight excluding hydrogens is 137 g/mol. The lowest BCUT2D eigenvalue weighted by atomic mass is 11.0. The summed E-state index contributed by atoms with van der Waals surface area (Å²) in [7, 11) is 1.13. The first-order valence-electron chi connectivity index (χ1n) is 2.05. The van der Waals surface area contributed by atoms with Crippen LogP contribution in [0.5, 0.6) is 0 Å². The molecule has 6 heteroatoms. The number of halogens is 3. The van der Waals surface area contributed by atoms with Gasteiger partial charge in [-0.1, -0.05) is 0 Å². The summed E-state index contributed by atoms with van der Waals surface area (Å²) in [4.78, 5) is 0. The molecule has 1 aliphatic rings. The van der Waals surface area contributed by atoms with Crippen molar-refractivity contribution in [1.82, 2.24) is 5.01 Å². The summed E-state index contributed by atoms with van der Waals surface area (Å²) in [5.74, 6) is 0. The largest absolute Gasteiger partial charge is 0.509 e. The SMILES string of the molecule is COC1=NN1C(F)(F)F. The van der Waals surface area contributed by atoms with E-state index in [1.807, 2.05) is 0 Å². The molecule has 1 rings (SSSR count). The van der Waals surface area contributed by atoms with Gasteiger partial charge in [-0.05, 0) is 0 Å². The van der Waals surface area contributed by atoms with Gasteiger partial charge in [-0.2, -0.15) is 0 Å². The molecule has 0 fully saturated rings. The summed E-state index contributed by atoms with van der Waals surface area (Å²) < 4.78 is 38.4. The van der Waals surface area contributed by atoms with Crippen molar-refractivity contribution in [2.75, 3.05) is 7.11 Å². The lowest BCUT2D eigenvalue weighted by Crippen LogP contribution is -2.25. The number of methoxy groups -OCH3 is 1. The number of amidine groups is 1. The summed E-state index contributed by atoms with van der Waals surface area (Å²) in [6.07, 6.45) is -4.41. The lowest BCUT2D eigenvalue weighted by molar-refractivity contribution is -0.204. The van der Waals surface area contributed by atoms with E-state index in [2.05, 4.69) is 9.84 Å². The predicted octanol–water partition coefficient (Wildman–Crippen LogP) is 0.739. The molecule has 1 aliphatic heterocycles. The van der Waals surface area contributed by atoms with Crippen molar-refractivity contribution in [3.8, 4) is 0 Å². The minimum Gasteiger partial charge on any atom is -0.466 e. The van der Waals surface area contributed by atoms with Crippen LogP contribution in [0.1, 0.15) is 0 Å². The monoisotopic (exact) mass is 140 g/mol. The lowest BCUT2D eigenvalue weighted by Gasteiger charge is -2.03. The van der Waals surface area contributed by atoms with Crippen LogP contribution in [0.25, 0.3) is 0 Å². The average Bonchev–Trinajstić information content (AvgIpc) is 2.39. The highest BCUT2D eigenvalue weighted by Gasteiger charge is 2.49. The number of hydrogen-bond donors (Lipinski definition) is 0. The Hall–Kier alpha value is -0.940. The molecule has 0 radical (unpaired) electrons. The van der Waals surface area contributed by atoms with Gasteiger partial charge >= 0.3 is 12.3 Å². The van der Waals surface area contributed by atoms with E-state index in [0.29, 0.717) is 0 Å². The number of hydrazone groups is 1. The molecular formula is C3H3F3N2O. The highest BCUT2D eigenvalue weighted by atomic mass is 19.4. The zero-order valence-electron chi connectivity index (χ0n) is 4.44. The summed E-state index contributed by atoms with van der Waals surface area (Å²) in [5.41, 5.74) is 0. The first-order valence-corrected chi connectivity index (χ1v) is 2.05. The third kappa shape index (κ3) is 1.06. The molecule has 9 heavy (non-hydrogen) atoms. The fourth-order valence-corrected chi connectivity index (χ4v) is 0.356. The zero-order chi connectivity index (χ0) is 7.07. The molecule has 0 saturated carbocycles. The maximum Gasteiger partial charge on any atom is 0.509 e. The molecule has 0 aliphatic carbocycles. The molecule has 0 unspecified atom stereocenters. The minimum absolute atomic E-state index is 0.146. The molecule has 3 nitrogen and oxygen atoms in total. The number of ether oxygens (including phenoxy) is 1. The quantitative estimate of drug-likeness (QED) is 0.463. The van der Waals surface area contributed by atoms with Crippen molar-refractivity contribution in [2.45, 2.75) is 6.30 Å². The van der Waals surface area contributed by atoms with Gasteiger partial charge in [-0.15, -0.1) is 23.3 Å². The Morgan fingerprint density at radius 1 is 1.56 bits per heavy atom. The van der Waals surface area contributed by atoms with Gasteiger partial charge in [0.2, 0.25) is 0 Å². The maximum absolute atomic E-state index is 11.4. The van der Waals surface area contributed by atoms with Crippen LogP contribution in [0.2, 0.25) is 0 Å². The van der Waals surface area contributed by atoms with Crippen LogP contribution in [0.15, 0.2) is 5.10 Å². The van der Waals surface area contributed by atoms with Crippen molar-refractivity contribution in [3.05, 3.63) is 0 Å². The normalized spacial score (nSPS) is 17.3. The second-order valence-electron chi connectivity index (χ2n) is 1.37. The standard InChI is InChI=1S/C3H3F3N2O/c1-9-2-7-8(2)3(4,5)6/h1H3. The zero-order valence-corrected chi connectivity index (χ0v) is 4.44. The molecule has 0 bridgehead atoms. The van der Waals surface area contributed by atoms with E-state index in [4.69, 9.17) is 0 Å². The molecule has 0 aromatic carbocycles. The predicted molar refractivity (Wildman–Crippen MR) is 22.3 cm³/mol. The fourth-order valence-electron chi connectivity index (χ4n) is 0.356. The third-order valence-electron chi connectivity index (χ3n) is 0.750. The number of rotatable bonds is 0. The molecule has 0 atom stereocenters. The van der Waals surface area contributed by atoms with Crippen LogP contribution in [0.3, 0.4) is 0 Å². The van der Waals surface area contributed by atoms with Crippen LogP contribution in [-0.2, 0) is 4.74 Å². The van der Waals surface area contributed by atoms with Crippen LogP contribution >= 0.6 is 0 Å². The Balaban J connectivity index is 2.38. The van der Waals surface area contributed by atoms with Gasteiger partial charge in [0.25, 0.3) is 0 Å². The topological polar surface area (TPSA) is 24.6 Å². The molecule has 0 aromatic rings. The molecule has 1 heterocycles. The number of alkyl halides is 3. The second kappa shape index (κ2) is 1.52. The molecule has 0 aromatic heterocycles. The molecule has 0 saturated heterocycles. The van der Waals surface area contributed by atoms with Gasteiger partial charge in [-0.25, -0.2) is 0 Å². The van der Waals surface area contributed by atoms with Crippen molar-refractivity contribution in [3.63, 3.8) is 0 Å². The first kappa shape index (κ1) is 6.18. The summed E-state index contributed by atoms with van der Waals surface area (Å²) in [6, 6.07) is -0.387. The Labute approximate surface area is 48.7 Å². The van der Waals surface area contributed by atoms with Gasteiger partial charge in [-0.3, -0.25) is 0 Å². The molecule has 52 valence electrons. The first-order chi connectivity index (χ1) is 4.05. The van der Waals surface area contributed by atoms with Crippen LogP contribution in [0.4, 0.5) is 13.2 Å². The maximum atomic E-state index is 11.4. The summed E-state index contributed by atoms with van der Waals surface area (Å²) in [6.45, 7) is 0. The number of nitrogens with zero attached hydrogens (tertiary/aromatic N) is 2. The van der Waals surface area contributed by atoms with E-state index in [1.165, 1.54) is 0 Å². The van der Waals surface area contributed by atoms with Gasteiger partial charge in [0.1, 0.15) is 0 Å². The Kier molecular flexibility index (Phi) is 1.04. The van der Waals surface area contributed by atoms with Gasteiger partial charge in [0.15, 0.2) is 0 Å². The van der Waals surface area contributed by atoms with Gasteiger partial charge in [0, 0.05) is 0 Å². The molecule has 0 amide bonds. The van der Waals surface area contributed by atoms with E-state index in [9.17, 15) is 13.2 Å². The highest BCUT2D eigenvalue weighted by molar-refractivity contribution is 5.83. The third-order valence-corrected chi connectivity index (χ3v) is 0.750. The van der Waals surface area contributed by atoms with Crippen molar-refractivity contribution >= 4 is 6.02 Å². The number of hydrogen-bond acceptors (Lipinski definition) is 3. The summed E-state index contributed by atoms with van der Waals surface area (Å²) in [5, 5.41) is 2.70. The van der Waals surface area contributed by atoms with E-state index in [0.717, 1.165) is 7.11 Å². The Bertz CT molecular complexity index is 152.